The minimum atomic E-state index is -0.444. The fourth-order valence-corrected chi connectivity index (χ4v) is 3.40. The van der Waals surface area contributed by atoms with Crippen LogP contribution in [0.5, 0.6) is 0 Å². The van der Waals surface area contributed by atoms with E-state index in [1.54, 1.807) is 17.0 Å². The Balaban J connectivity index is 1.81. The molecule has 122 valence electrons. The Kier molecular flexibility index (Phi) is 4.71. The SMILES string of the molecule is CCC[C@@H]1c2cccn2CCN1C(=O)Nc1ccc(Br)cc1F. The predicted octanol–water partition coefficient (Wildman–Crippen LogP) is 4.78. The van der Waals surface area contributed by atoms with Crippen LogP contribution in [0.2, 0.25) is 0 Å². The summed E-state index contributed by atoms with van der Waals surface area (Å²) in [5, 5.41) is 2.70. The second-order valence-corrected chi connectivity index (χ2v) is 6.59. The molecule has 0 unspecified atom stereocenters. The summed E-state index contributed by atoms with van der Waals surface area (Å²) in [7, 11) is 0. The van der Waals surface area contributed by atoms with Gasteiger partial charge in [-0.25, -0.2) is 9.18 Å². The van der Waals surface area contributed by atoms with Gasteiger partial charge in [0, 0.05) is 29.5 Å². The van der Waals surface area contributed by atoms with Gasteiger partial charge in [0.25, 0.3) is 0 Å². The first kappa shape index (κ1) is 16.1. The van der Waals surface area contributed by atoms with Gasteiger partial charge in [-0.3, -0.25) is 0 Å². The van der Waals surface area contributed by atoms with Crippen molar-refractivity contribution >= 4 is 27.6 Å². The van der Waals surface area contributed by atoms with Gasteiger partial charge in [-0.1, -0.05) is 29.3 Å². The molecule has 0 radical (unpaired) electrons. The molecule has 6 heteroatoms. The van der Waals surface area contributed by atoms with Gasteiger partial charge in [0.15, 0.2) is 0 Å². The lowest BCUT2D eigenvalue weighted by atomic mass is 10.0. The van der Waals surface area contributed by atoms with Crippen molar-refractivity contribution in [3.63, 3.8) is 0 Å². The van der Waals surface area contributed by atoms with Crippen LogP contribution in [0.4, 0.5) is 14.9 Å². The first-order chi connectivity index (χ1) is 11.1. The van der Waals surface area contributed by atoms with Gasteiger partial charge in [-0.15, -0.1) is 0 Å². The quantitative estimate of drug-likeness (QED) is 0.818. The van der Waals surface area contributed by atoms with E-state index in [-0.39, 0.29) is 17.8 Å². The summed E-state index contributed by atoms with van der Waals surface area (Å²) in [5.74, 6) is -0.444. The van der Waals surface area contributed by atoms with E-state index in [1.807, 2.05) is 12.3 Å². The molecule has 1 aromatic heterocycles. The number of urea groups is 1. The number of hydrogen-bond acceptors (Lipinski definition) is 1. The summed E-state index contributed by atoms with van der Waals surface area (Å²) in [4.78, 5) is 14.5. The van der Waals surface area contributed by atoms with E-state index in [0.29, 0.717) is 11.0 Å². The zero-order valence-corrected chi connectivity index (χ0v) is 14.5. The summed E-state index contributed by atoms with van der Waals surface area (Å²) < 4.78 is 16.8. The van der Waals surface area contributed by atoms with Crippen molar-refractivity contribution in [2.24, 2.45) is 0 Å². The molecule has 0 saturated carbocycles. The molecule has 23 heavy (non-hydrogen) atoms. The third-order valence-corrected chi connectivity index (χ3v) is 4.65. The average Bonchev–Trinajstić information content (AvgIpc) is 2.99. The highest BCUT2D eigenvalue weighted by Crippen LogP contribution is 2.31. The Bertz CT molecular complexity index is 716. The number of carbonyl (C=O) groups is 1. The Labute approximate surface area is 143 Å². The zero-order chi connectivity index (χ0) is 16.4. The number of anilines is 1. The van der Waals surface area contributed by atoms with Gasteiger partial charge in [0.2, 0.25) is 0 Å². The molecular formula is C17H19BrFN3O. The normalized spacial score (nSPS) is 17.0. The van der Waals surface area contributed by atoms with Gasteiger partial charge in [0.05, 0.1) is 11.7 Å². The summed E-state index contributed by atoms with van der Waals surface area (Å²) in [5.41, 5.74) is 1.35. The topological polar surface area (TPSA) is 37.3 Å². The van der Waals surface area contributed by atoms with Gasteiger partial charge in [-0.05, 0) is 36.8 Å². The second kappa shape index (κ2) is 6.74. The van der Waals surface area contributed by atoms with E-state index < -0.39 is 5.82 Å². The summed E-state index contributed by atoms with van der Waals surface area (Å²) in [6.45, 7) is 3.49. The first-order valence-electron chi connectivity index (χ1n) is 7.78. The maximum atomic E-state index is 13.9. The van der Waals surface area contributed by atoms with Crippen LogP contribution in [0.15, 0.2) is 41.0 Å². The van der Waals surface area contributed by atoms with E-state index in [1.165, 1.54) is 6.07 Å². The summed E-state index contributed by atoms with van der Waals surface area (Å²) in [6.07, 6.45) is 3.91. The molecule has 1 aliphatic rings. The Morgan fingerprint density at radius 2 is 2.22 bits per heavy atom. The molecule has 4 nitrogen and oxygen atoms in total. The molecule has 0 spiro atoms. The van der Waals surface area contributed by atoms with Crippen molar-refractivity contribution < 1.29 is 9.18 Å². The smallest absolute Gasteiger partial charge is 0.322 e. The monoisotopic (exact) mass is 379 g/mol. The zero-order valence-electron chi connectivity index (χ0n) is 12.9. The van der Waals surface area contributed by atoms with Crippen LogP contribution in [-0.2, 0) is 6.54 Å². The van der Waals surface area contributed by atoms with Crippen molar-refractivity contribution in [1.29, 1.82) is 0 Å². The third-order valence-electron chi connectivity index (χ3n) is 4.16. The van der Waals surface area contributed by atoms with Crippen molar-refractivity contribution in [3.05, 3.63) is 52.5 Å². The molecule has 1 atom stereocenters. The maximum absolute atomic E-state index is 13.9. The molecule has 0 bridgehead atoms. The highest BCUT2D eigenvalue weighted by Gasteiger charge is 2.30. The highest BCUT2D eigenvalue weighted by molar-refractivity contribution is 9.10. The van der Waals surface area contributed by atoms with E-state index >= 15 is 0 Å². The van der Waals surface area contributed by atoms with Crippen LogP contribution in [0.1, 0.15) is 31.5 Å². The molecule has 2 amide bonds. The van der Waals surface area contributed by atoms with Gasteiger partial charge in [0.1, 0.15) is 5.82 Å². The van der Waals surface area contributed by atoms with Gasteiger partial charge in [-0.2, -0.15) is 0 Å². The third kappa shape index (κ3) is 3.27. The largest absolute Gasteiger partial charge is 0.348 e. The first-order valence-corrected chi connectivity index (χ1v) is 8.57. The lowest BCUT2D eigenvalue weighted by molar-refractivity contribution is 0.163. The van der Waals surface area contributed by atoms with Crippen LogP contribution in [0.25, 0.3) is 0 Å². The fraction of sp³-hybridized carbons (Fsp3) is 0.353. The molecule has 2 aromatic rings. The van der Waals surface area contributed by atoms with Crippen molar-refractivity contribution in [1.82, 2.24) is 9.47 Å². The fourth-order valence-electron chi connectivity index (χ4n) is 3.06. The van der Waals surface area contributed by atoms with Crippen LogP contribution < -0.4 is 5.32 Å². The molecular weight excluding hydrogens is 361 g/mol. The molecule has 0 fully saturated rings. The van der Waals surface area contributed by atoms with E-state index in [2.05, 4.69) is 38.8 Å². The van der Waals surface area contributed by atoms with Crippen molar-refractivity contribution in [2.45, 2.75) is 32.4 Å². The maximum Gasteiger partial charge on any atom is 0.322 e. The molecule has 0 saturated heterocycles. The second-order valence-electron chi connectivity index (χ2n) is 5.68. The summed E-state index contributed by atoms with van der Waals surface area (Å²) >= 11 is 3.22. The van der Waals surface area contributed by atoms with Gasteiger partial charge < -0.3 is 14.8 Å². The minimum Gasteiger partial charge on any atom is -0.348 e. The van der Waals surface area contributed by atoms with Crippen LogP contribution in [0.3, 0.4) is 0 Å². The molecule has 0 aliphatic carbocycles. The van der Waals surface area contributed by atoms with E-state index in [0.717, 1.165) is 25.1 Å². The Morgan fingerprint density at radius 3 is 2.96 bits per heavy atom. The van der Waals surface area contributed by atoms with Crippen molar-refractivity contribution in [2.75, 3.05) is 11.9 Å². The van der Waals surface area contributed by atoms with Crippen molar-refractivity contribution in [3.8, 4) is 0 Å². The lowest BCUT2D eigenvalue weighted by Crippen LogP contribution is -2.44. The minimum absolute atomic E-state index is 0.0299. The number of fused-ring (bicyclic) bond motifs is 1. The van der Waals surface area contributed by atoms with Crippen LogP contribution in [-0.4, -0.2) is 22.0 Å². The molecule has 1 aliphatic heterocycles. The average molecular weight is 380 g/mol. The molecule has 2 heterocycles. The number of amides is 2. The van der Waals surface area contributed by atoms with Crippen LogP contribution >= 0.6 is 15.9 Å². The van der Waals surface area contributed by atoms with E-state index in [9.17, 15) is 9.18 Å². The number of hydrogen-bond donors (Lipinski definition) is 1. The number of carbonyl (C=O) groups excluding carboxylic acids is 1. The number of nitrogens with zero attached hydrogens (tertiary/aromatic N) is 2. The standard InChI is InChI=1S/C17H19BrFN3O/c1-2-4-16-15-5-3-8-21(15)9-10-22(16)17(23)20-14-7-6-12(18)11-13(14)19/h3,5-8,11,16H,2,4,9-10H2,1H3,(H,20,23)/t16-/m1/s1. The number of rotatable bonds is 3. The van der Waals surface area contributed by atoms with Crippen LogP contribution in [0, 0.1) is 5.82 Å². The molecule has 3 rings (SSSR count). The number of nitrogens with one attached hydrogen (secondary N) is 1. The molecule has 1 N–H and O–H groups in total. The summed E-state index contributed by atoms with van der Waals surface area (Å²) in [6, 6.07) is 8.47. The lowest BCUT2D eigenvalue weighted by Gasteiger charge is -2.37. The van der Waals surface area contributed by atoms with Gasteiger partial charge >= 0.3 is 6.03 Å². The molecule has 1 aromatic carbocycles. The number of aromatic nitrogens is 1. The number of benzene rings is 1. The highest BCUT2D eigenvalue weighted by atomic mass is 79.9. The van der Waals surface area contributed by atoms with E-state index in [4.69, 9.17) is 0 Å². The Morgan fingerprint density at radius 1 is 1.39 bits per heavy atom. The number of halogens is 2. The predicted molar refractivity (Wildman–Crippen MR) is 91.9 cm³/mol. The Hall–Kier alpha value is -1.82.